The molecule has 1 amide bonds. The Balaban J connectivity index is 1.48. The van der Waals surface area contributed by atoms with Gasteiger partial charge in [0, 0.05) is 39.1 Å². The number of rotatable bonds is 8. The van der Waals surface area contributed by atoms with Crippen LogP contribution in [0.5, 0.6) is 0 Å². The van der Waals surface area contributed by atoms with Crippen molar-refractivity contribution in [1.29, 1.82) is 0 Å². The standard InChI is InChI=1S/C23H30FN3O3S/c1-18(2)17-25-31(29,30)20-10-7-19(8-11-20)9-12-23(28)27-15-13-26(14-16-27)22-6-4-3-5-21(22)24/h3-8,10-11,18,25H,9,12-17H2,1-2H3. The van der Waals surface area contributed by atoms with E-state index in [1.807, 2.05) is 29.7 Å². The van der Waals surface area contributed by atoms with E-state index in [1.54, 1.807) is 36.4 Å². The highest BCUT2D eigenvalue weighted by molar-refractivity contribution is 7.89. The lowest BCUT2D eigenvalue weighted by molar-refractivity contribution is -0.131. The number of benzene rings is 2. The molecule has 2 aromatic rings. The molecule has 0 bridgehead atoms. The van der Waals surface area contributed by atoms with Crippen molar-refractivity contribution >= 4 is 21.6 Å². The SMILES string of the molecule is CC(C)CNS(=O)(=O)c1ccc(CCC(=O)N2CCN(c3ccccc3F)CC2)cc1. The normalized spacial score (nSPS) is 14.8. The van der Waals surface area contributed by atoms with Crippen LogP contribution in [0.1, 0.15) is 25.8 Å². The van der Waals surface area contributed by atoms with Crippen LogP contribution in [0.2, 0.25) is 0 Å². The van der Waals surface area contributed by atoms with Crippen LogP contribution in [0.25, 0.3) is 0 Å². The third-order valence-electron chi connectivity index (χ3n) is 5.37. The van der Waals surface area contributed by atoms with Gasteiger partial charge in [-0.1, -0.05) is 38.1 Å². The fourth-order valence-corrected chi connectivity index (χ4v) is 4.72. The lowest BCUT2D eigenvalue weighted by Gasteiger charge is -2.36. The maximum Gasteiger partial charge on any atom is 0.240 e. The van der Waals surface area contributed by atoms with Crippen molar-refractivity contribution in [2.24, 2.45) is 5.92 Å². The summed E-state index contributed by atoms with van der Waals surface area (Å²) in [4.78, 5) is 16.6. The van der Waals surface area contributed by atoms with Gasteiger partial charge in [-0.15, -0.1) is 0 Å². The molecule has 6 nitrogen and oxygen atoms in total. The highest BCUT2D eigenvalue weighted by Gasteiger charge is 2.22. The summed E-state index contributed by atoms with van der Waals surface area (Å²) < 4.78 is 41.1. The van der Waals surface area contributed by atoms with Crippen molar-refractivity contribution in [3.8, 4) is 0 Å². The summed E-state index contributed by atoms with van der Waals surface area (Å²) in [5.41, 5.74) is 1.49. The van der Waals surface area contributed by atoms with E-state index in [1.165, 1.54) is 6.07 Å². The zero-order valence-corrected chi connectivity index (χ0v) is 18.9. The van der Waals surface area contributed by atoms with Crippen LogP contribution in [0.3, 0.4) is 0 Å². The third-order valence-corrected chi connectivity index (χ3v) is 6.81. The number of piperazine rings is 1. The molecule has 1 N–H and O–H groups in total. The molecule has 0 unspecified atom stereocenters. The van der Waals surface area contributed by atoms with Crippen molar-refractivity contribution < 1.29 is 17.6 Å². The number of sulfonamides is 1. The molecule has 0 saturated carbocycles. The Bertz CT molecular complexity index is 985. The molecule has 168 valence electrons. The molecular formula is C23H30FN3O3S. The van der Waals surface area contributed by atoms with Crippen LogP contribution in [0.4, 0.5) is 10.1 Å². The number of aryl methyl sites for hydroxylation is 1. The number of hydrogen-bond acceptors (Lipinski definition) is 4. The van der Waals surface area contributed by atoms with Crippen molar-refractivity contribution in [3.63, 3.8) is 0 Å². The lowest BCUT2D eigenvalue weighted by Crippen LogP contribution is -2.49. The molecular weight excluding hydrogens is 417 g/mol. The molecule has 0 aliphatic carbocycles. The third kappa shape index (κ3) is 6.27. The first kappa shape index (κ1) is 23.2. The first-order chi connectivity index (χ1) is 14.8. The highest BCUT2D eigenvalue weighted by atomic mass is 32.2. The number of hydrogen-bond donors (Lipinski definition) is 1. The Morgan fingerprint density at radius 2 is 1.68 bits per heavy atom. The highest BCUT2D eigenvalue weighted by Crippen LogP contribution is 2.20. The topological polar surface area (TPSA) is 69.7 Å². The van der Waals surface area contributed by atoms with Crippen LogP contribution < -0.4 is 9.62 Å². The minimum Gasteiger partial charge on any atom is -0.366 e. The fraction of sp³-hybridized carbons (Fsp3) is 0.435. The van der Waals surface area contributed by atoms with Gasteiger partial charge in [-0.25, -0.2) is 17.5 Å². The maximum absolute atomic E-state index is 14.0. The molecule has 0 radical (unpaired) electrons. The molecule has 0 aromatic heterocycles. The minimum absolute atomic E-state index is 0.0588. The van der Waals surface area contributed by atoms with Crippen LogP contribution >= 0.6 is 0 Å². The predicted molar refractivity (Wildman–Crippen MR) is 120 cm³/mol. The summed E-state index contributed by atoms with van der Waals surface area (Å²) in [7, 11) is -3.51. The molecule has 1 aliphatic heterocycles. The quantitative estimate of drug-likeness (QED) is 0.675. The molecule has 1 saturated heterocycles. The van der Waals surface area contributed by atoms with Gasteiger partial charge in [0.05, 0.1) is 10.6 Å². The van der Waals surface area contributed by atoms with Gasteiger partial charge in [-0.05, 0) is 42.2 Å². The second kappa shape index (κ2) is 10.2. The number of amides is 1. The van der Waals surface area contributed by atoms with E-state index in [-0.39, 0.29) is 22.5 Å². The van der Waals surface area contributed by atoms with Crippen LogP contribution in [-0.4, -0.2) is 51.9 Å². The van der Waals surface area contributed by atoms with E-state index in [4.69, 9.17) is 0 Å². The number of carbonyl (C=O) groups is 1. The zero-order chi connectivity index (χ0) is 22.4. The number of halogens is 1. The van der Waals surface area contributed by atoms with Crippen molar-refractivity contribution in [2.45, 2.75) is 31.6 Å². The Hall–Kier alpha value is -2.45. The monoisotopic (exact) mass is 447 g/mol. The molecule has 0 spiro atoms. The lowest BCUT2D eigenvalue weighted by atomic mass is 10.1. The molecule has 3 rings (SSSR count). The molecule has 31 heavy (non-hydrogen) atoms. The number of carbonyl (C=O) groups excluding carboxylic acids is 1. The molecule has 1 aliphatic rings. The van der Waals surface area contributed by atoms with Gasteiger partial charge in [-0.3, -0.25) is 4.79 Å². The van der Waals surface area contributed by atoms with Gasteiger partial charge in [0.2, 0.25) is 15.9 Å². The number of nitrogens with zero attached hydrogens (tertiary/aromatic N) is 2. The Morgan fingerprint density at radius 1 is 1.03 bits per heavy atom. The summed E-state index contributed by atoms with van der Waals surface area (Å²) >= 11 is 0. The van der Waals surface area contributed by atoms with E-state index in [2.05, 4.69) is 4.72 Å². The van der Waals surface area contributed by atoms with E-state index < -0.39 is 10.0 Å². The summed E-state index contributed by atoms with van der Waals surface area (Å²) in [5.74, 6) is 0.0456. The number of anilines is 1. The van der Waals surface area contributed by atoms with Crippen LogP contribution in [-0.2, 0) is 21.2 Å². The van der Waals surface area contributed by atoms with E-state index in [0.717, 1.165) is 5.56 Å². The second-order valence-corrected chi connectivity index (χ2v) is 9.98. The Kier molecular flexibility index (Phi) is 7.67. The summed E-state index contributed by atoms with van der Waals surface area (Å²) in [6.45, 7) is 6.61. The number of para-hydroxylation sites is 1. The van der Waals surface area contributed by atoms with E-state index >= 15 is 0 Å². The van der Waals surface area contributed by atoms with Crippen LogP contribution in [0, 0.1) is 11.7 Å². The molecule has 8 heteroatoms. The zero-order valence-electron chi connectivity index (χ0n) is 18.1. The maximum atomic E-state index is 14.0. The van der Waals surface area contributed by atoms with E-state index in [0.29, 0.717) is 51.3 Å². The molecule has 1 fully saturated rings. The predicted octanol–water partition coefficient (Wildman–Crippen LogP) is 3.04. The molecule has 1 heterocycles. The van der Waals surface area contributed by atoms with Crippen LogP contribution in [0.15, 0.2) is 53.4 Å². The van der Waals surface area contributed by atoms with E-state index in [9.17, 15) is 17.6 Å². The average Bonchev–Trinajstić information content (AvgIpc) is 2.77. The van der Waals surface area contributed by atoms with Crippen molar-refractivity contribution in [3.05, 3.63) is 59.9 Å². The van der Waals surface area contributed by atoms with Crippen molar-refractivity contribution in [2.75, 3.05) is 37.6 Å². The average molecular weight is 448 g/mol. The summed E-state index contributed by atoms with van der Waals surface area (Å²) in [6, 6.07) is 13.4. The molecule has 0 atom stereocenters. The second-order valence-electron chi connectivity index (χ2n) is 8.21. The van der Waals surface area contributed by atoms with Gasteiger partial charge >= 0.3 is 0 Å². The van der Waals surface area contributed by atoms with Crippen molar-refractivity contribution in [1.82, 2.24) is 9.62 Å². The minimum atomic E-state index is -3.51. The van der Waals surface area contributed by atoms with Gasteiger partial charge in [0.15, 0.2) is 0 Å². The molecule has 2 aromatic carbocycles. The largest absolute Gasteiger partial charge is 0.366 e. The Labute approximate surface area is 184 Å². The Morgan fingerprint density at radius 3 is 2.29 bits per heavy atom. The van der Waals surface area contributed by atoms with Gasteiger partial charge in [0.25, 0.3) is 0 Å². The fourth-order valence-electron chi connectivity index (χ4n) is 3.51. The summed E-state index contributed by atoms with van der Waals surface area (Å²) in [5, 5.41) is 0. The van der Waals surface area contributed by atoms with Gasteiger partial charge in [-0.2, -0.15) is 0 Å². The first-order valence-corrected chi connectivity index (χ1v) is 12.1. The first-order valence-electron chi connectivity index (χ1n) is 10.6. The van der Waals surface area contributed by atoms with Gasteiger partial charge in [0.1, 0.15) is 5.82 Å². The smallest absolute Gasteiger partial charge is 0.240 e. The number of nitrogens with one attached hydrogen (secondary N) is 1. The van der Waals surface area contributed by atoms with Gasteiger partial charge < -0.3 is 9.80 Å². The summed E-state index contributed by atoms with van der Waals surface area (Å²) in [6.07, 6.45) is 0.906.